The molecule has 72 valence electrons. The van der Waals surface area contributed by atoms with Gasteiger partial charge in [-0.15, -0.1) is 0 Å². The number of phenols is 1. The van der Waals surface area contributed by atoms with Crippen LogP contribution in [0.1, 0.15) is 36.9 Å². The number of phenolic OH excluding ortho intramolecular Hbond substituents is 1. The third-order valence-corrected chi connectivity index (χ3v) is 2.11. The van der Waals surface area contributed by atoms with Gasteiger partial charge in [-0.2, -0.15) is 0 Å². The van der Waals surface area contributed by atoms with Crippen LogP contribution in [0.2, 0.25) is 0 Å². The first-order valence-electron chi connectivity index (χ1n) is 4.69. The van der Waals surface area contributed by atoms with Crippen molar-refractivity contribution < 1.29 is 5.11 Å². The number of aryl methyl sites for hydroxylation is 1. The van der Waals surface area contributed by atoms with E-state index >= 15 is 0 Å². The van der Waals surface area contributed by atoms with Gasteiger partial charge in [0.15, 0.2) is 0 Å². The Hall–Kier alpha value is -1.02. The molecule has 0 spiro atoms. The fraction of sp³-hybridized carbons (Fsp3) is 0.455. The quantitative estimate of drug-likeness (QED) is 0.748. The Labute approximate surface area is 79.4 Å². The van der Waals surface area contributed by atoms with Gasteiger partial charge in [-0.05, 0) is 36.6 Å². The maximum Gasteiger partial charge on any atom is 0.116 e. The second kappa shape index (κ2) is 4.28. The lowest BCUT2D eigenvalue weighted by Crippen LogP contribution is -2.09. The molecule has 0 saturated carbocycles. The maximum absolute atomic E-state index is 9.36. The molecule has 3 N–H and O–H groups in total. The summed E-state index contributed by atoms with van der Waals surface area (Å²) in [6.45, 7) is 4.07. The molecule has 2 heteroatoms. The Morgan fingerprint density at radius 2 is 2.08 bits per heavy atom. The standard InChI is InChI=1S/C11H17NO/c1-3-4-11(12)9-5-8(2)6-10(13)7-9/h5-7,11,13H,3-4,12H2,1-2H3. The van der Waals surface area contributed by atoms with Crippen LogP contribution in [-0.4, -0.2) is 5.11 Å². The normalized spacial score (nSPS) is 12.8. The Kier molecular flexibility index (Phi) is 3.32. The number of rotatable bonds is 3. The number of nitrogens with two attached hydrogens (primary N) is 1. The molecule has 0 aromatic heterocycles. The monoisotopic (exact) mass is 179 g/mol. The highest BCUT2D eigenvalue weighted by atomic mass is 16.3. The van der Waals surface area contributed by atoms with Crippen molar-refractivity contribution in [2.75, 3.05) is 0 Å². The second-order valence-electron chi connectivity index (χ2n) is 3.50. The third kappa shape index (κ3) is 2.74. The Bertz CT molecular complexity index is 263. The van der Waals surface area contributed by atoms with Gasteiger partial charge in [-0.3, -0.25) is 0 Å². The molecular formula is C11H17NO. The van der Waals surface area contributed by atoms with Crippen molar-refractivity contribution in [3.8, 4) is 5.75 Å². The molecule has 1 aromatic carbocycles. The van der Waals surface area contributed by atoms with Crippen LogP contribution in [0.25, 0.3) is 0 Å². The van der Waals surface area contributed by atoms with Gasteiger partial charge in [0.1, 0.15) is 5.75 Å². The van der Waals surface area contributed by atoms with E-state index in [9.17, 15) is 5.11 Å². The van der Waals surface area contributed by atoms with Crippen molar-refractivity contribution in [1.29, 1.82) is 0 Å². The van der Waals surface area contributed by atoms with Gasteiger partial charge < -0.3 is 10.8 Å². The minimum atomic E-state index is 0.0517. The van der Waals surface area contributed by atoms with E-state index in [1.165, 1.54) is 0 Å². The van der Waals surface area contributed by atoms with Crippen LogP contribution in [0.3, 0.4) is 0 Å². The molecular weight excluding hydrogens is 162 g/mol. The van der Waals surface area contributed by atoms with Crippen LogP contribution in [0, 0.1) is 6.92 Å². The lowest BCUT2D eigenvalue weighted by molar-refractivity contribution is 0.472. The summed E-state index contributed by atoms with van der Waals surface area (Å²) >= 11 is 0. The summed E-state index contributed by atoms with van der Waals surface area (Å²) in [5.74, 6) is 0.307. The van der Waals surface area contributed by atoms with E-state index < -0.39 is 0 Å². The van der Waals surface area contributed by atoms with Crippen molar-refractivity contribution in [3.05, 3.63) is 29.3 Å². The Morgan fingerprint density at radius 1 is 1.38 bits per heavy atom. The van der Waals surface area contributed by atoms with Crippen LogP contribution in [-0.2, 0) is 0 Å². The van der Waals surface area contributed by atoms with Gasteiger partial charge >= 0.3 is 0 Å². The predicted octanol–water partition coefficient (Wildman–Crippen LogP) is 2.50. The van der Waals surface area contributed by atoms with Gasteiger partial charge in [-0.1, -0.05) is 19.4 Å². The molecule has 0 aliphatic heterocycles. The van der Waals surface area contributed by atoms with Crippen molar-refractivity contribution >= 4 is 0 Å². The van der Waals surface area contributed by atoms with Crippen molar-refractivity contribution in [2.24, 2.45) is 5.73 Å². The zero-order valence-electron chi connectivity index (χ0n) is 8.25. The molecule has 0 aliphatic rings. The highest BCUT2D eigenvalue weighted by Crippen LogP contribution is 2.21. The van der Waals surface area contributed by atoms with E-state index in [1.807, 2.05) is 13.0 Å². The minimum absolute atomic E-state index is 0.0517. The lowest BCUT2D eigenvalue weighted by atomic mass is 10.0. The first-order chi connectivity index (χ1) is 6.13. The van der Waals surface area contributed by atoms with E-state index in [0.717, 1.165) is 24.0 Å². The number of hydrogen-bond acceptors (Lipinski definition) is 2. The predicted molar refractivity (Wildman–Crippen MR) is 54.7 cm³/mol. The van der Waals surface area contributed by atoms with Gasteiger partial charge in [0.05, 0.1) is 0 Å². The van der Waals surface area contributed by atoms with Gasteiger partial charge in [-0.25, -0.2) is 0 Å². The minimum Gasteiger partial charge on any atom is -0.508 e. The van der Waals surface area contributed by atoms with Crippen molar-refractivity contribution in [2.45, 2.75) is 32.7 Å². The molecule has 1 atom stereocenters. The molecule has 1 aromatic rings. The fourth-order valence-electron chi connectivity index (χ4n) is 1.48. The SMILES string of the molecule is CCCC(N)c1cc(C)cc(O)c1. The summed E-state index contributed by atoms with van der Waals surface area (Å²) in [5.41, 5.74) is 8.02. The van der Waals surface area contributed by atoms with Crippen LogP contribution < -0.4 is 5.73 Å². The van der Waals surface area contributed by atoms with Crippen LogP contribution in [0.15, 0.2) is 18.2 Å². The highest BCUT2D eigenvalue weighted by Gasteiger charge is 2.05. The number of hydrogen-bond donors (Lipinski definition) is 2. The van der Waals surface area contributed by atoms with Gasteiger partial charge in [0.2, 0.25) is 0 Å². The molecule has 0 radical (unpaired) electrons. The molecule has 1 unspecified atom stereocenters. The summed E-state index contributed by atoms with van der Waals surface area (Å²) in [6, 6.07) is 5.56. The van der Waals surface area contributed by atoms with E-state index in [4.69, 9.17) is 5.73 Å². The van der Waals surface area contributed by atoms with Gasteiger partial charge in [0.25, 0.3) is 0 Å². The van der Waals surface area contributed by atoms with Crippen LogP contribution in [0.4, 0.5) is 0 Å². The zero-order valence-corrected chi connectivity index (χ0v) is 8.25. The first-order valence-corrected chi connectivity index (χ1v) is 4.69. The summed E-state index contributed by atoms with van der Waals surface area (Å²) in [7, 11) is 0. The molecule has 0 aliphatic carbocycles. The number of aromatic hydroxyl groups is 1. The first kappa shape index (κ1) is 10.1. The van der Waals surface area contributed by atoms with E-state index in [-0.39, 0.29) is 6.04 Å². The third-order valence-electron chi connectivity index (χ3n) is 2.11. The maximum atomic E-state index is 9.36. The van der Waals surface area contributed by atoms with Crippen molar-refractivity contribution in [3.63, 3.8) is 0 Å². The van der Waals surface area contributed by atoms with Crippen LogP contribution >= 0.6 is 0 Å². The average molecular weight is 179 g/mol. The summed E-state index contributed by atoms with van der Waals surface area (Å²) in [6.07, 6.45) is 2.03. The lowest BCUT2D eigenvalue weighted by Gasteiger charge is -2.11. The van der Waals surface area contributed by atoms with Gasteiger partial charge in [0, 0.05) is 6.04 Å². The number of benzene rings is 1. The highest BCUT2D eigenvalue weighted by molar-refractivity contribution is 5.34. The smallest absolute Gasteiger partial charge is 0.116 e. The zero-order chi connectivity index (χ0) is 9.84. The molecule has 2 nitrogen and oxygen atoms in total. The summed E-state index contributed by atoms with van der Waals surface area (Å²) in [4.78, 5) is 0. The molecule has 0 bridgehead atoms. The molecule has 0 saturated heterocycles. The molecule has 13 heavy (non-hydrogen) atoms. The van der Waals surface area contributed by atoms with E-state index in [0.29, 0.717) is 5.75 Å². The van der Waals surface area contributed by atoms with Crippen molar-refractivity contribution in [1.82, 2.24) is 0 Å². The molecule has 0 amide bonds. The molecule has 0 heterocycles. The fourth-order valence-corrected chi connectivity index (χ4v) is 1.48. The van der Waals surface area contributed by atoms with E-state index in [2.05, 4.69) is 6.92 Å². The summed E-state index contributed by atoms with van der Waals surface area (Å²) < 4.78 is 0. The largest absolute Gasteiger partial charge is 0.508 e. The van der Waals surface area contributed by atoms with Crippen LogP contribution in [0.5, 0.6) is 5.75 Å². The summed E-state index contributed by atoms with van der Waals surface area (Å²) in [5, 5.41) is 9.36. The topological polar surface area (TPSA) is 46.2 Å². The molecule has 1 rings (SSSR count). The Balaban J connectivity index is 2.87. The Morgan fingerprint density at radius 3 is 2.62 bits per heavy atom. The molecule has 0 fully saturated rings. The second-order valence-corrected chi connectivity index (χ2v) is 3.50. The average Bonchev–Trinajstić information content (AvgIpc) is 2.03. The van der Waals surface area contributed by atoms with E-state index in [1.54, 1.807) is 12.1 Å².